The summed E-state index contributed by atoms with van der Waals surface area (Å²) >= 11 is 0. The molecular weight excluding hydrogens is 288 g/mol. The van der Waals surface area contributed by atoms with Gasteiger partial charge >= 0.3 is 0 Å². The highest BCUT2D eigenvalue weighted by atomic mass is 15.4. The monoisotopic (exact) mass is 306 g/mol. The van der Waals surface area contributed by atoms with Crippen LogP contribution in [0.15, 0.2) is 41.0 Å². The van der Waals surface area contributed by atoms with Crippen LogP contribution < -0.4 is 5.43 Å². The summed E-state index contributed by atoms with van der Waals surface area (Å²) in [5.41, 5.74) is 6.86. The van der Waals surface area contributed by atoms with Crippen LogP contribution in [-0.2, 0) is 0 Å². The first-order chi connectivity index (χ1) is 11.3. The topological polar surface area (TPSA) is 78.8 Å². The lowest BCUT2D eigenvalue weighted by atomic mass is 9.91. The van der Waals surface area contributed by atoms with Crippen LogP contribution in [0.1, 0.15) is 26.2 Å². The zero-order valence-corrected chi connectivity index (χ0v) is 13.0. The van der Waals surface area contributed by atoms with Crippen LogP contribution in [0.4, 0.5) is 5.95 Å². The molecule has 116 valence electrons. The molecule has 4 rings (SSSR count). The van der Waals surface area contributed by atoms with Gasteiger partial charge in [0.25, 0.3) is 5.95 Å². The maximum Gasteiger partial charge on any atom is 0.265 e. The lowest BCUT2D eigenvalue weighted by Gasteiger charge is -2.15. The number of aromatic nitrogens is 4. The van der Waals surface area contributed by atoms with Crippen molar-refractivity contribution in [1.29, 1.82) is 0 Å². The van der Waals surface area contributed by atoms with Crippen molar-refractivity contribution >= 4 is 34.2 Å². The SMILES string of the molecule is CC1=CCC(/C=N/Nc2nnc3c(n2)[nH]c2ccccc23)CC1. The Kier molecular flexibility index (Phi) is 3.49. The number of para-hydroxylation sites is 1. The number of rotatable bonds is 3. The minimum Gasteiger partial charge on any atom is -0.338 e. The number of allylic oxidation sites excluding steroid dienone is 2. The molecule has 1 aliphatic carbocycles. The van der Waals surface area contributed by atoms with Gasteiger partial charge in [0.15, 0.2) is 5.65 Å². The Morgan fingerprint density at radius 3 is 3.09 bits per heavy atom. The lowest BCUT2D eigenvalue weighted by Crippen LogP contribution is -2.07. The minimum atomic E-state index is 0.405. The summed E-state index contributed by atoms with van der Waals surface area (Å²) in [4.78, 5) is 7.69. The van der Waals surface area contributed by atoms with Gasteiger partial charge in [0, 0.05) is 17.1 Å². The Labute approximate surface area is 133 Å². The first-order valence-electron chi connectivity index (χ1n) is 7.85. The Bertz CT molecular complexity index is 908. The third kappa shape index (κ3) is 2.79. The van der Waals surface area contributed by atoms with Crippen LogP contribution in [0.3, 0.4) is 0 Å². The molecule has 0 bridgehead atoms. The minimum absolute atomic E-state index is 0.405. The van der Waals surface area contributed by atoms with Gasteiger partial charge in [-0.3, -0.25) is 0 Å². The molecule has 0 radical (unpaired) electrons. The summed E-state index contributed by atoms with van der Waals surface area (Å²) in [6.07, 6.45) is 7.58. The van der Waals surface area contributed by atoms with E-state index in [2.05, 4.69) is 43.7 Å². The molecule has 3 aromatic rings. The van der Waals surface area contributed by atoms with Gasteiger partial charge in [-0.25, -0.2) is 5.43 Å². The number of benzene rings is 1. The van der Waals surface area contributed by atoms with Crippen molar-refractivity contribution < 1.29 is 0 Å². The zero-order chi connectivity index (χ0) is 15.6. The molecule has 0 fully saturated rings. The number of aromatic amines is 1. The number of hydrogen-bond acceptors (Lipinski definition) is 5. The molecule has 1 aliphatic rings. The highest BCUT2D eigenvalue weighted by Gasteiger charge is 2.10. The van der Waals surface area contributed by atoms with E-state index in [1.165, 1.54) is 5.57 Å². The van der Waals surface area contributed by atoms with Gasteiger partial charge in [0.2, 0.25) is 0 Å². The van der Waals surface area contributed by atoms with E-state index in [1.807, 2.05) is 30.5 Å². The van der Waals surface area contributed by atoms with Gasteiger partial charge in [0.05, 0.1) is 0 Å². The van der Waals surface area contributed by atoms with Gasteiger partial charge < -0.3 is 4.98 Å². The van der Waals surface area contributed by atoms with Crippen molar-refractivity contribution in [3.05, 3.63) is 35.9 Å². The van der Waals surface area contributed by atoms with Gasteiger partial charge in [-0.1, -0.05) is 29.8 Å². The first kappa shape index (κ1) is 13.9. The van der Waals surface area contributed by atoms with Crippen LogP contribution in [0.25, 0.3) is 22.1 Å². The van der Waals surface area contributed by atoms with Gasteiger partial charge in [-0.15, -0.1) is 10.2 Å². The summed E-state index contributed by atoms with van der Waals surface area (Å²) in [7, 11) is 0. The Balaban J connectivity index is 1.52. The maximum absolute atomic E-state index is 4.44. The van der Waals surface area contributed by atoms with Gasteiger partial charge in [-0.2, -0.15) is 10.1 Å². The van der Waals surface area contributed by atoms with E-state index >= 15 is 0 Å². The highest BCUT2D eigenvalue weighted by Crippen LogP contribution is 2.22. The fraction of sp³-hybridized carbons (Fsp3) is 0.294. The van der Waals surface area contributed by atoms with E-state index in [4.69, 9.17) is 0 Å². The summed E-state index contributed by atoms with van der Waals surface area (Å²) < 4.78 is 0. The molecule has 6 heteroatoms. The molecule has 6 nitrogen and oxygen atoms in total. The van der Waals surface area contributed by atoms with Crippen LogP contribution in [0.5, 0.6) is 0 Å². The first-order valence-corrected chi connectivity index (χ1v) is 7.85. The molecule has 2 heterocycles. The second-order valence-electron chi connectivity index (χ2n) is 5.98. The Morgan fingerprint density at radius 2 is 2.22 bits per heavy atom. The van der Waals surface area contributed by atoms with E-state index in [1.54, 1.807) is 0 Å². The molecule has 2 aromatic heterocycles. The van der Waals surface area contributed by atoms with Crippen molar-refractivity contribution in [3.8, 4) is 0 Å². The second kappa shape index (κ2) is 5.79. The molecule has 0 spiro atoms. The van der Waals surface area contributed by atoms with Crippen molar-refractivity contribution in [2.24, 2.45) is 11.0 Å². The van der Waals surface area contributed by atoms with Crippen LogP contribution in [-0.4, -0.2) is 26.4 Å². The van der Waals surface area contributed by atoms with E-state index in [0.29, 0.717) is 11.9 Å². The predicted octanol–water partition coefficient (Wildman–Crippen LogP) is 3.65. The largest absolute Gasteiger partial charge is 0.338 e. The Hall–Kier alpha value is -2.76. The van der Waals surface area contributed by atoms with Gasteiger partial charge in [-0.05, 0) is 38.2 Å². The molecule has 1 unspecified atom stereocenters. The molecular formula is C17H18N6. The zero-order valence-electron chi connectivity index (χ0n) is 13.0. The number of anilines is 1. The smallest absolute Gasteiger partial charge is 0.265 e. The average molecular weight is 306 g/mol. The lowest BCUT2D eigenvalue weighted by molar-refractivity contribution is 0.607. The van der Waals surface area contributed by atoms with Gasteiger partial charge in [0.1, 0.15) is 5.52 Å². The molecule has 23 heavy (non-hydrogen) atoms. The summed E-state index contributed by atoms with van der Waals surface area (Å²) in [5, 5.41) is 13.7. The highest BCUT2D eigenvalue weighted by molar-refractivity contribution is 6.03. The normalized spacial score (nSPS) is 18.7. The van der Waals surface area contributed by atoms with Crippen molar-refractivity contribution in [2.75, 3.05) is 5.43 Å². The third-order valence-corrected chi connectivity index (χ3v) is 4.25. The number of hydrazone groups is 1. The Morgan fingerprint density at radius 1 is 1.30 bits per heavy atom. The van der Waals surface area contributed by atoms with E-state index < -0.39 is 0 Å². The number of hydrogen-bond donors (Lipinski definition) is 2. The molecule has 0 saturated heterocycles. The molecule has 1 aromatic carbocycles. The third-order valence-electron chi connectivity index (χ3n) is 4.25. The van der Waals surface area contributed by atoms with Crippen LogP contribution in [0.2, 0.25) is 0 Å². The van der Waals surface area contributed by atoms with Crippen LogP contribution in [0, 0.1) is 5.92 Å². The molecule has 1 atom stereocenters. The summed E-state index contributed by atoms with van der Waals surface area (Å²) in [5.74, 6) is 0.888. The predicted molar refractivity (Wildman–Crippen MR) is 92.4 cm³/mol. The fourth-order valence-electron chi connectivity index (χ4n) is 2.89. The molecule has 0 aliphatic heterocycles. The average Bonchev–Trinajstić information content (AvgIpc) is 2.94. The maximum atomic E-state index is 4.44. The summed E-state index contributed by atoms with van der Waals surface area (Å²) in [6.45, 7) is 2.18. The molecule has 2 N–H and O–H groups in total. The number of H-pyrrole nitrogens is 1. The molecule has 0 saturated carbocycles. The number of nitrogens with zero attached hydrogens (tertiary/aromatic N) is 4. The van der Waals surface area contributed by atoms with E-state index in [-0.39, 0.29) is 0 Å². The van der Waals surface area contributed by atoms with Crippen molar-refractivity contribution in [3.63, 3.8) is 0 Å². The van der Waals surface area contributed by atoms with Crippen LogP contribution >= 0.6 is 0 Å². The fourth-order valence-corrected chi connectivity index (χ4v) is 2.89. The van der Waals surface area contributed by atoms with E-state index in [9.17, 15) is 0 Å². The van der Waals surface area contributed by atoms with Crippen molar-refractivity contribution in [1.82, 2.24) is 20.2 Å². The quantitative estimate of drug-likeness (QED) is 0.440. The standard InChI is InChI=1S/C17H18N6/c1-11-6-8-12(9-7-11)10-18-22-17-20-16-15(21-23-17)13-4-2-3-5-14(13)19-16/h2-6,10,12H,7-9H2,1H3,(H2,19,20,22,23)/b18-10+. The summed E-state index contributed by atoms with van der Waals surface area (Å²) in [6, 6.07) is 7.97. The number of nitrogens with one attached hydrogen (secondary N) is 2. The number of fused-ring (bicyclic) bond motifs is 3. The molecule has 0 amide bonds. The van der Waals surface area contributed by atoms with E-state index in [0.717, 1.165) is 41.3 Å². The van der Waals surface area contributed by atoms with Crippen molar-refractivity contribution in [2.45, 2.75) is 26.2 Å². The second-order valence-corrected chi connectivity index (χ2v) is 5.98.